The van der Waals surface area contributed by atoms with Crippen molar-refractivity contribution in [1.29, 1.82) is 0 Å². The van der Waals surface area contributed by atoms with Crippen LogP contribution in [0.15, 0.2) is 17.2 Å². The van der Waals surface area contributed by atoms with Gasteiger partial charge in [0.05, 0.1) is 5.56 Å². The number of H-pyrrole nitrogens is 1. The molecular weight excluding hydrogens is 144 g/mol. The lowest BCUT2D eigenvalue weighted by molar-refractivity contribution is 0.0987. The van der Waals surface area contributed by atoms with Gasteiger partial charge in [0.2, 0.25) is 0 Å². The fourth-order valence-electron chi connectivity index (χ4n) is 0.699. The first-order chi connectivity index (χ1) is 5.24. The summed E-state index contributed by atoms with van der Waals surface area (Å²) in [6.07, 6.45) is 3.08. The Hall–Kier alpha value is -1.45. The number of carbonyl (C=O) groups excluding carboxylic acids is 1. The number of hydrogen-bond acceptors (Lipinski definition) is 3. The van der Waals surface area contributed by atoms with Crippen LogP contribution in [0.1, 0.15) is 23.7 Å². The highest BCUT2D eigenvalue weighted by atomic mass is 16.1. The van der Waals surface area contributed by atoms with Gasteiger partial charge in [-0.2, -0.15) is 0 Å². The van der Waals surface area contributed by atoms with Crippen molar-refractivity contribution in [1.82, 2.24) is 9.97 Å². The fourth-order valence-corrected chi connectivity index (χ4v) is 0.699. The summed E-state index contributed by atoms with van der Waals surface area (Å²) in [6.45, 7) is 1.76. The molecule has 1 aromatic rings. The average molecular weight is 152 g/mol. The van der Waals surface area contributed by atoms with Crippen LogP contribution in [-0.4, -0.2) is 15.8 Å². The molecule has 0 bridgehead atoms. The minimum absolute atomic E-state index is 0.0197. The van der Waals surface area contributed by atoms with E-state index in [4.69, 9.17) is 0 Å². The standard InChI is InChI=1S/C7H8N2O2/c1-2-6(10)5-3-8-7(11)9-4-5/h3-4H,2H2,1H3,(H,8,9,11). The molecule has 0 fully saturated rings. The van der Waals surface area contributed by atoms with Crippen LogP contribution < -0.4 is 5.69 Å². The summed E-state index contributed by atoms with van der Waals surface area (Å²) < 4.78 is 0. The molecule has 0 aliphatic rings. The minimum Gasteiger partial charge on any atom is -0.312 e. The first kappa shape index (κ1) is 7.65. The van der Waals surface area contributed by atoms with E-state index in [2.05, 4.69) is 9.97 Å². The normalized spacial score (nSPS) is 9.55. The van der Waals surface area contributed by atoms with E-state index in [-0.39, 0.29) is 5.78 Å². The third kappa shape index (κ3) is 1.73. The van der Waals surface area contributed by atoms with Gasteiger partial charge in [0.1, 0.15) is 0 Å². The van der Waals surface area contributed by atoms with Crippen LogP contribution in [0.3, 0.4) is 0 Å². The third-order valence-electron chi connectivity index (χ3n) is 1.32. The lowest BCUT2D eigenvalue weighted by Gasteiger charge is -1.92. The van der Waals surface area contributed by atoms with Crippen molar-refractivity contribution < 1.29 is 4.79 Å². The Balaban J connectivity index is 2.99. The molecule has 0 aliphatic heterocycles. The Labute approximate surface area is 63.3 Å². The second-order valence-electron chi connectivity index (χ2n) is 2.08. The molecule has 1 heterocycles. The van der Waals surface area contributed by atoms with Gasteiger partial charge in [0.25, 0.3) is 0 Å². The van der Waals surface area contributed by atoms with E-state index in [1.54, 1.807) is 6.92 Å². The van der Waals surface area contributed by atoms with Gasteiger partial charge >= 0.3 is 5.69 Å². The predicted molar refractivity (Wildman–Crippen MR) is 39.5 cm³/mol. The van der Waals surface area contributed by atoms with E-state index in [1.165, 1.54) is 12.4 Å². The molecule has 0 aliphatic carbocycles. The van der Waals surface area contributed by atoms with Crippen LogP contribution in [0.4, 0.5) is 0 Å². The van der Waals surface area contributed by atoms with Crippen molar-refractivity contribution in [2.24, 2.45) is 0 Å². The molecule has 0 saturated carbocycles. The summed E-state index contributed by atoms with van der Waals surface area (Å²) in [4.78, 5) is 27.2. The van der Waals surface area contributed by atoms with Crippen LogP contribution in [0.5, 0.6) is 0 Å². The second-order valence-corrected chi connectivity index (χ2v) is 2.08. The second kappa shape index (κ2) is 3.09. The van der Waals surface area contributed by atoms with Gasteiger partial charge in [-0.05, 0) is 0 Å². The Morgan fingerprint density at radius 3 is 2.91 bits per heavy atom. The molecule has 0 amide bonds. The van der Waals surface area contributed by atoms with Crippen molar-refractivity contribution in [3.63, 3.8) is 0 Å². The zero-order valence-corrected chi connectivity index (χ0v) is 6.13. The van der Waals surface area contributed by atoms with Gasteiger partial charge < -0.3 is 4.98 Å². The number of hydrogen-bond donors (Lipinski definition) is 1. The zero-order valence-electron chi connectivity index (χ0n) is 6.13. The maximum Gasteiger partial charge on any atom is 0.344 e. The maximum atomic E-state index is 11.0. The van der Waals surface area contributed by atoms with Crippen LogP contribution in [0, 0.1) is 0 Å². The Bertz CT molecular complexity index is 296. The zero-order chi connectivity index (χ0) is 8.27. The average Bonchev–Trinajstić information content (AvgIpc) is 2.05. The molecule has 0 aromatic carbocycles. The van der Waals surface area contributed by atoms with Crippen LogP contribution >= 0.6 is 0 Å². The molecule has 0 atom stereocenters. The lowest BCUT2D eigenvalue weighted by atomic mass is 10.2. The highest BCUT2D eigenvalue weighted by Crippen LogP contribution is 1.95. The molecule has 0 saturated heterocycles. The summed E-state index contributed by atoms with van der Waals surface area (Å²) in [7, 11) is 0. The number of aromatic amines is 1. The summed E-state index contributed by atoms with van der Waals surface area (Å²) in [5.41, 5.74) is 0.0183. The van der Waals surface area contributed by atoms with Crippen molar-refractivity contribution in [3.8, 4) is 0 Å². The molecule has 0 radical (unpaired) electrons. The molecular formula is C7H8N2O2. The summed E-state index contributed by atoms with van der Waals surface area (Å²) >= 11 is 0. The number of aromatic nitrogens is 2. The van der Waals surface area contributed by atoms with E-state index >= 15 is 0 Å². The van der Waals surface area contributed by atoms with Gasteiger partial charge in [-0.3, -0.25) is 4.79 Å². The van der Waals surface area contributed by atoms with E-state index in [0.29, 0.717) is 12.0 Å². The highest BCUT2D eigenvalue weighted by molar-refractivity contribution is 5.95. The Kier molecular flexibility index (Phi) is 2.15. The Morgan fingerprint density at radius 1 is 1.73 bits per heavy atom. The SMILES string of the molecule is CCC(=O)c1cnc(=O)[nH]c1. The van der Waals surface area contributed by atoms with Gasteiger partial charge in [0, 0.05) is 18.8 Å². The van der Waals surface area contributed by atoms with Gasteiger partial charge in [-0.15, -0.1) is 0 Å². The quantitative estimate of drug-likeness (QED) is 0.622. The van der Waals surface area contributed by atoms with Crippen LogP contribution in [-0.2, 0) is 0 Å². The van der Waals surface area contributed by atoms with Gasteiger partial charge in [-0.1, -0.05) is 6.92 Å². The van der Waals surface area contributed by atoms with E-state index in [9.17, 15) is 9.59 Å². The van der Waals surface area contributed by atoms with E-state index in [1.807, 2.05) is 0 Å². The molecule has 1 rings (SSSR count). The highest BCUT2D eigenvalue weighted by Gasteiger charge is 2.01. The number of nitrogens with zero attached hydrogens (tertiary/aromatic N) is 1. The first-order valence-electron chi connectivity index (χ1n) is 3.32. The topological polar surface area (TPSA) is 62.8 Å². The Morgan fingerprint density at radius 2 is 2.45 bits per heavy atom. The summed E-state index contributed by atoms with van der Waals surface area (Å²) in [6, 6.07) is 0. The molecule has 58 valence electrons. The summed E-state index contributed by atoms with van der Waals surface area (Å²) in [5.74, 6) is -0.0197. The van der Waals surface area contributed by atoms with Crippen molar-refractivity contribution >= 4 is 5.78 Å². The summed E-state index contributed by atoms with van der Waals surface area (Å²) in [5, 5.41) is 0. The maximum absolute atomic E-state index is 11.0. The lowest BCUT2D eigenvalue weighted by Crippen LogP contribution is -2.11. The number of rotatable bonds is 2. The van der Waals surface area contributed by atoms with Crippen LogP contribution in [0.25, 0.3) is 0 Å². The number of Topliss-reactive ketones (excluding diaryl/α,β-unsaturated/α-hetero) is 1. The molecule has 11 heavy (non-hydrogen) atoms. The monoisotopic (exact) mass is 152 g/mol. The van der Waals surface area contributed by atoms with E-state index < -0.39 is 5.69 Å². The smallest absolute Gasteiger partial charge is 0.312 e. The van der Waals surface area contributed by atoms with Crippen LogP contribution in [0.2, 0.25) is 0 Å². The number of nitrogens with one attached hydrogen (secondary N) is 1. The first-order valence-corrected chi connectivity index (χ1v) is 3.32. The number of carbonyl (C=O) groups is 1. The van der Waals surface area contributed by atoms with E-state index in [0.717, 1.165) is 0 Å². The largest absolute Gasteiger partial charge is 0.344 e. The fraction of sp³-hybridized carbons (Fsp3) is 0.286. The predicted octanol–water partition coefficient (Wildman–Crippen LogP) is 0.363. The molecule has 4 nitrogen and oxygen atoms in total. The van der Waals surface area contributed by atoms with Crippen molar-refractivity contribution in [2.45, 2.75) is 13.3 Å². The molecule has 1 aromatic heterocycles. The van der Waals surface area contributed by atoms with Gasteiger partial charge in [-0.25, -0.2) is 9.78 Å². The van der Waals surface area contributed by atoms with Crippen molar-refractivity contribution in [2.75, 3.05) is 0 Å². The third-order valence-corrected chi connectivity index (χ3v) is 1.32. The van der Waals surface area contributed by atoms with Crippen molar-refractivity contribution in [3.05, 3.63) is 28.4 Å². The molecule has 1 N–H and O–H groups in total. The molecule has 0 unspecified atom stereocenters. The minimum atomic E-state index is -0.433. The molecule has 0 spiro atoms. The van der Waals surface area contributed by atoms with Gasteiger partial charge in [0.15, 0.2) is 5.78 Å². The number of ketones is 1. The molecule has 4 heteroatoms.